The van der Waals surface area contributed by atoms with E-state index >= 15 is 0 Å². The summed E-state index contributed by atoms with van der Waals surface area (Å²) in [6.45, 7) is 8.84. The summed E-state index contributed by atoms with van der Waals surface area (Å²) in [4.78, 5) is 28.7. The lowest BCUT2D eigenvalue weighted by atomic mass is 9.47. The van der Waals surface area contributed by atoms with Gasteiger partial charge in [0.25, 0.3) is 0 Å². The molecule has 8 atom stereocenters. The largest absolute Gasteiger partial charge is 0.453 e. The fraction of sp³-hybridized carbons (Fsp3) is 0.875. The van der Waals surface area contributed by atoms with E-state index in [2.05, 4.69) is 26.8 Å². The molecule has 1 N–H and O–H groups in total. The fourth-order valence-electron chi connectivity index (χ4n) is 10.1. The van der Waals surface area contributed by atoms with Crippen LogP contribution in [0.15, 0.2) is 11.6 Å². The molecule has 1 unspecified atom stereocenters. The van der Waals surface area contributed by atoms with Crippen LogP contribution in [0.3, 0.4) is 0 Å². The highest BCUT2D eigenvalue weighted by Gasteiger charge is 2.59. The van der Waals surface area contributed by atoms with Gasteiger partial charge in [0.1, 0.15) is 0 Å². The molecule has 0 bridgehead atoms. The lowest BCUT2D eigenvalue weighted by Crippen LogP contribution is -2.50. The van der Waals surface area contributed by atoms with Crippen LogP contribution in [0.2, 0.25) is 0 Å². The number of methoxy groups -OCH3 is 1. The molecule has 6 heteroatoms. The lowest BCUT2D eigenvalue weighted by Gasteiger charge is -2.58. The molecule has 0 aromatic heterocycles. The first-order valence-electron chi connectivity index (χ1n) is 15.5. The van der Waals surface area contributed by atoms with Crippen molar-refractivity contribution in [1.82, 2.24) is 9.80 Å². The van der Waals surface area contributed by atoms with Crippen molar-refractivity contribution in [3.8, 4) is 0 Å². The van der Waals surface area contributed by atoms with Gasteiger partial charge in [0.2, 0.25) is 5.91 Å². The Kier molecular flexibility index (Phi) is 7.94. The molecule has 0 spiro atoms. The maximum Gasteiger partial charge on any atom is 0.409 e. The average Bonchev–Trinajstić information content (AvgIpc) is 3.28. The molecule has 1 heterocycles. The van der Waals surface area contributed by atoms with E-state index in [0.717, 1.165) is 56.3 Å². The third-order valence-electron chi connectivity index (χ3n) is 12.5. The number of allylic oxidation sites excluding steroid dienone is 1. The second-order valence-electron chi connectivity index (χ2n) is 14.1. The molecular formula is C32H52N2O4. The van der Waals surface area contributed by atoms with Crippen molar-refractivity contribution in [2.24, 2.45) is 40.4 Å². The van der Waals surface area contributed by atoms with Crippen LogP contribution >= 0.6 is 0 Å². The number of rotatable bonds is 5. The fourth-order valence-corrected chi connectivity index (χ4v) is 10.1. The third-order valence-corrected chi connectivity index (χ3v) is 12.5. The van der Waals surface area contributed by atoms with Crippen LogP contribution in [0.25, 0.3) is 0 Å². The molecule has 1 aliphatic heterocycles. The van der Waals surface area contributed by atoms with Gasteiger partial charge in [0.15, 0.2) is 0 Å². The Labute approximate surface area is 230 Å². The number of carbonyl (C=O) groups is 2. The first-order valence-corrected chi connectivity index (χ1v) is 15.5. The first kappa shape index (κ1) is 28.0. The zero-order valence-corrected chi connectivity index (χ0v) is 24.6. The van der Waals surface area contributed by atoms with Crippen molar-refractivity contribution in [2.75, 3.05) is 27.2 Å². The number of aliphatic hydroxyl groups excluding tert-OH is 1. The highest BCUT2D eigenvalue weighted by atomic mass is 16.5. The predicted molar refractivity (Wildman–Crippen MR) is 149 cm³/mol. The Morgan fingerprint density at radius 2 is 1.84 bits per heavy atom. The second kappa shape index (κ2) is 10.8. The molecule has 4 aliphatic carbocycles. The maximum atomic E-state index is 13.2. The van der Waals surface area contributed by atoms with Gasteiger partial charge in [-0.1, -0.05) is 32.4 Å². The summed E-state index contributed by atoms with van der Waals surface area (Å²) in [7, 11) is 3.38. The van der Waals surface area contributed by atoms with Crippen LogP contribution in [0.5, 0.6) is 0 Å². The van der Waals surface area contributed by atoms with E-state index in [1.165, 1.54) is 39.2 Å². The van der Waals surface area contributed by atoms with Crippen LogP contribution in [0.4, 0.5) is 4.79 Å². The van der Waals surface area contributed by atoms with Crippen molar-refractivity contribution < 1.29 is 19.4 Å². The van der Waals surface area contributed by atoms with Crippen LogP contribution in [-0.2, 0) is 9.53 Å². The Balaban J connectivity index is 1.16. The van der Waals surface area contributed by atoms with E-state index in [1.54, 1.807) is 10.5 Å². The molecular weight excluding hydrogens is 476 g/mol. The monoisotopic (exact) mass is 528 g/mol. The summed E-state index contributed by atoms with van der Waals surface area (Å²) in [5.41, 5.74) is 2.26. The van der Waals surface area contributed by atoms with Gasteiger partial charge in [-0.3, -0.25) is 4.79 Å². The molecule has 0 radical (unpaired) electrons. The molecule has 6 nitrogen and oxygen atoms in total. The van der Waals surface area contributed by atoms with E-state index in [1.807, 2.05) is 11.9 Å². The predicted octanol–water partition coefficient (Wildman–Crippen LogP) is 6.03. The Bertz CT molecular complexity index is 926. The van der Waals surface area contributed by atoms with Gasteiger partial charge < -0.3 is 19.6 Å². The number of ether oxygens (including phenoxy) is 1. The molecule has 214 valence electrons. The zero-order valence-electron chi connectivity index (χ0n) is 24.6. The Morgan fingerprint density at radius 1 is 1.11 bits per heavy atom. The van der Waals surface area contributed by atoms with Gasteiger partial charge in [-0.15, -0.1) is 0 Å². The molecule has 4 fully saturated rings. The number of carbonyl (C=O) groups excluding carboxylic acids is 2. The molecule has 3 saturated carbocycles. The minimum Gasteiger partial charge on any atom is -0.453 e. The summed E-state index contributed by atoms with van der Waals surface area (Å²) in [6, 6.07) is 0.217. The van der Waals surface area contributed by atoms with E-state index in [9.17, 15) is 14.7 Å². The highest BCUT2D eigenvalue weighted by Crippen LogP contribution is 2.67. The van der Waals surface area contributed by atoms with Crippen molar-refractivity contribution in [3.63, 3.8) is 0 Å². The summed E-state index contributed by atoms with van der Waals surface area (Å²) in [5, 5.41) is 10.3. The molecule has 5 rings (SSSR count). The average molecular weight is 529 g/mol. The molecule has 38 heavy (non-hydrogen) atoms. The van der Waals surface area contributed by atoms with E-state index in [4.69, 9.17) is 4.74 Å². The van der Waals surface area contributed by atoms with Gasteiger partial charge in [0, 0.05) is 32.6 Å². The number of aliphatic hydroxyl groups is 1. The minimum absolute atomic E-state index is 0.133. The lowest BCUT2D eigenvalue weighted by molar-refractivity contribution is -0.133. The minimum atomic E-state index is -0.264. The second-order valence-corrected chi connectivity index (χ2v) is 14.1. The van der Waals surface area contributed by atoms with E-state index < -0.39 is 0 Å². The van der Waals surface area contributed by atoms with Crippen LogP contribution < -0.4 is 0 Å². The number of piperidine rings is 1. The van der Waals surface area contributed by atoms with E-state index in [-0.39, 0.29) is 24.1 Å². The Hall–Kier alpha value is -1.56. The van der Waals surface area contributed by atoms with Gasteiger partial charge in [-0.25, -0.2) is 4.79 Å². The van der Waals surface area contributed by atoms with Crippen LogP contribution in [0.1, 0.15) is 97.8 Å². The summed E-state index contributed by atoms with van der Waals surface area (Å²) in [5.74, 6) is 3.90. The van der Waals surface area contributed by atoms with Gasteiger partial charge >= 0.3 is 6.09 Å². The van der Waals surface area contributed by atoms with Crippen LogP contribution in [-0.4, -0.2) is 66.3 Å². The molecule has 0 aromatic rings. The van der Waals surface area contributed by atoms with Gasteiger partial charge in [-0.2, -0.15) is 0 Å². The van der Waals surface area contributed by atoms with Crippen molar-refractivity contribution >= 4 is 12.0 Å². The topological polar surface area (TPSA) is 70.1 Å². The summed E-state index contributed by atoms with van der Waals surface area (Å²) >= 11 is 0. The molecule has 2 amide bonds. The molecule has 5 aliphatic rings. The van der Waals surface area contributed by atoms with Gasteiger partial charge in [-0.05, 0) is 111 Å². The first-order chi connectivity index (χ1) is 18.1. The number of amides is 2. The maximum absolute atomic E-state index is 13.2. The molecule has 0 aromatic carbocycles. The number of nitrogens with zero attached hydrogens (tertiary/aromatic N) is 2. The van der Waals surface area contributed by atoms with E-state index in [0.29, 0.717) is 42.2 Å². The smallest absolute Gasteiger partial charge is 0.409 e. The van der Waals surface area contributed by atoms with Crippen molar-refractivity contribution in [3.05, 3.63) is 11.6 Å². The summed E-state index contributed by atoms with van der Waals surface area (Å²) in [6.07, 6.45) is 14.9. The summed E-state index contributed by atoms with van der Waals surface area (Å²) < 4.78 is 4.85. The van der Waals surface area contributed by atoms with Crippen molar-refractivity contribution in [2.45, 2.75) is 110 Å². The third kappa shape index (κ3) is 4.81. The molecule has 1 saturated heterocycles. The number of likely N-dealkylation sites (tertiary alicyclic amines) is 1. The zero-order chi connectivity index (χ0) is 27.2. The van der Waals surface area contributed by atoms with Gasteiger partial charge in [0.05, 0.1) is 13.2 Å². The number of hydrogen-bond acceptors (Lipinski definition) is 4. The normalized spacial score (nSPS) is 39.9. The quantitative estimate of drug-likeness (QED) is 0.442. The number of fused-ring (bicyclic) bond motifs is 5. The standard InChI is InChI=1S/C32H52N2O4/c1-21(6-11-29(36)33(4)23-14-18-34(19-15-23)30(37)38-5)26-9-10-27-25-8-7-22-20-24(35)12-16-31(22,2)28(25)13-17-32(26,27)3/h7,21,23-28,35H,6,8-20H2,1-5H3/t21?,24-,25-,26+,27-,28-,31-,32+/m0/s1. The SMILES string of the molecule is COC(=O)N1CCC(N(C)C(=O)CCC(C)[C@H]2CC[C@H]3[C@@H]4CC=C5C[C@@H](O)CC[C@]5(C)[C@H]4CC[C@]23C)CC1. The van der Waals surface area contributed by atoms with Crippen molar-refractivity contribution in [1.29, 1.82) is 0 Å². The Morgan fingerprint density at radius 3 is 2.55 bits per heavy atom. The van der Waals surface area contributed by atoms with Crippen LogP contribution in [0, 0.1) is 40.4 Å². The number of hydrogen-bond donors (Lipinski definition) is 1. The highest BCUT2D eigenvalue weighted by molar-refractivity contribution is 5.76.